The first-order chi connectivity index (χ1) is 12.6. The van der Waals surface area contributed by atoms with Gasteiger partial charge in [-0.1, -0.05) is 29.3 Å². The molecule has 2 aromatic rings. The van der Waals surface area contributed by atoms with Crippen molar-refractivity contribution in [3.8, 4) is 0 Å². The van der Waals surface area contributed by atoms with Crippen molar-refractivity contribution in [2.75, 3.05) is 11.9 Å². The molecule has 0 saturated heterocycles. The molecule has 0 heterocycles. The van der Waals surface area contributed by atoms with Gasteiger partial charge >= 0.3 is 12.1 Å². The molecule has 1 N–H and O–H groups in total. The van der Waals surface area contributed by atoms with E-state index < -0.39 is 42.5 Å². The van der Waals surface area contributed by atoms with E-state index in [1.54, 1.807) is 0 Å². The molecule has 0 atom stereocenters. The molecule has 0 bridgehead atoms. The van der Waals surface area contributed by atoms with E-state index in [1.165, 1.54) is 12.1 Å². The topological polar surface area (TPSA) is 55.4 Å². The summed E-state index contributed by atoms with van der Waals surface area (Å²) in [6.07, 6.45) is -5.13. The van der Waals surface area contributed by atoms with Crippen LogP contribution in [-0.2, 0) is 26.9 Å². The van der Waals surface area contributed by atoms with Gasteiger partial charge in [-0.2, -0.15) is 13.2 Å². The van der Waals surface area contributed by atoms with Gasteiger partial charge in [0.05, 0.1) is 22.7 Å². The average molecular weight is 424 g/mol. The maximum absolute atomic E-state index is 13.6. The number of nitrogens with one attached hydrogen (secondary N) is 1. The number of hydrogen-bond acceptors (Lipinski definition) is 3. The van der Waals surface area contributed by atoms with Crippen LogP contribution in [0.25, 0.3) is 0 Å². The van der Waals surface area contributed by atoms with Gasteiger partial charge in [0.2, 0.25) is 0 Å². The molecule has 1 amide bonds. The van der Waals surface area contributed by atoms with Gasteiger partial charge in [0.1, 0.15) is 5.82 Å². The SMILES string of the molecule is O=C(COC(=O)Cc1c(F)cccc1Cl)Nc1cc(C(F)(F)F)ccc1Cl. The molecule has 0 aliphatic heterocycles. The lowest BCUT2D eigenvalue weighted by molar-refractivity contribution is -0.146. The van der Waals surface area contributed by atoms with Crippen molar-refractivity contribution in [2.45, 2.75) is 12.6 Å². The van der Waals surface area contributed by atoms with Gasteiger partial charge in [0, 0.05) is 10.6 Å². The molecule has 0 aromatic heterocycles. The highest BCUT2D eigenvalue weighted by Crippen LogP contribution is 2.33. The first-order valence-electron chi connectivity index (χ1n) is 7.33. The first kappa shape index (κ1) is 21.0. The van der Waals surface area contributed by atoms with Gasteiger partial charge in [-0.15, -0.1) is 0 Å². The number of carbonyl (C=O) groups excluding carboxylic acids is 2. The molecule has 10 heteroatoms. The Morgan fingerprint density at radius 2 is 1.78 bits per heavy atom. The Labute approximate surface area is 161 Å². The lowest BCUT2D eigenvalue weighted by Gasteiger charge is -2.12. The second kappa shape index (κ2) is 8.58. The average Bonchev–Trinajstić information content (AvgIpc) is 2.57. The molecule has 0 spiro atoms. The fourth-order valence-electron chi connectivity index (χ4n) is 2.03. The smallest absolute Gasteiger partial charge is 0.416 e. The van der Waals surface area contributed by atoms with Crippen molar-refractivity contribution >= 4 is 40.8 Å². The summed E-state index contributed by atoms with van der Waals surface area (Å²) in [6.45, 7) is -0.794. The fourth-order valence-corrected chi connectivity index (χ4v) is 2.42. The van der Waals surface area contributed by atoms with Crippen LogP contribution in [0.2, 0.25) is 10.0 Å². The van der Waals surface area contributed by atoms with Crippen LogP contribution in [0.3, 0.4) is 0 Å². The van der Waals surface area contributed by atoms with Crippen molar-refractivity contribution in [3.05, 3.63) is 63.4 Å². The lowest BCUT2D eigenvalue weighted by atomic mass is 10.1. The van der Waals surface area contributed by atoms with Crippen LogP contribution < -0.4 is 5.32 Å². The number of halogens is 6. The van der Waals surface area contributed by atoms with Crippen LogP contribution in [0.1, 0.15) is 11.1 Å². The number of esters is 1. The molecule has 0 radical (unpaired) electrons. The van der Waals surface area contributed by atoms with Gasteiger partial charge in [-0.25, -0.2) is 4.39 Å². The minimum Gasteiger partial charge on any atom is -0.455 e. The summed E-state index contributed by atoms with van der Waals surface area (Å²) >= 11 is 11.5. The first-order valence-corrected chi connectivity index (χ1v) is 8.08. The van der Waals surface area contributed by atoms with Crippen molar-refractivity contribution in [2.24, 2.45) is 0 Å². The monoisotopic (exact) mass is 423 g/mol. The molecule has 0 aliphatic rings. The second-order valence-corrected chi connectivity index (χ2v) is 6.09. The van der Waals surface area contributed by atoms with Gasteiger partial charge < -0.3 is 10.1 Å². The van der Waals surface area contributed by atoms with Gasteiger partial charge in [0.15, 0.2) is 6.61 Å². The Balaban J connectivity index is 1.96. The predicted octanol–water partition coefficient (Wildman–Crippen LogP) is 4.88. The highest BCUT2D eigenvalue weighted by molar-refractivity contribution is 6.33. The molecule has 144 valence electrons. The predicted molar refractivity (Wildman–Crippen MR) is 91.2 cm³/mol. The van der Waals surface area contributed by atoms with E-state index in [1.807, 2.05) is 0 Å². The van der Waals surface area contributed by atoms with E-state index >= 15 is 0 Å². The summed E-state index contributed by atoms with van der Waals surface area (Å²) in [5.41, 5.74) is -1.39. The molecule has 4 nitrogen and oxygen atoms in total. The number of anilines is 1. The fraction of sp³-hybridized carbons (Fsp3) is 0.176. The Morgan fingerprint density at radius 3 is 2.41 bits per heavy atom. The molecule has 0 fully saturated rings. The summed E-state index contributed by atoms with van der Waals surface area (Å²) in [7, 11) is 0. The Morgan fingerprint density at radius 1 is 1.07 bits per heavy atom. The van der Waals surface area contributed by atoms with E-state index in [-0.39, 0.29) is 21.3 Å². The Hall–Kier alpha value is -2.32. The molecule has 0 saturated carbocycles. The van der Waals surface area contributed by atoms with E-state index in [0.29, 0.717) is 6.07 Å². The minimum absolute atomic E-state index is 0.0205. The van der Waals surface area contributed by atoms with Crippen LogP contribution in [-0.4, -0.2) is 18.5 Å². The molecular formula is C17H11Cl2F4NO3. The van der Waals surface area contributed by atoms with Gasteiger partial charge in [-0.3, -0.25) is 9.59 Å². The van der Waals surface area contributed by atoms with Crippen LogP contribution >= 0.6 is 23.2 Å². The molecule has 0 aliphatic carbocycles. The maximum Gasteiger partial charge on any atom is 0.416 e. The Bertz CT molecular complexity index is 851. The normalized spacial score (nSPS) is 11.2. The molecule has 27 heavy (non-hydrogen) atoms. The van der Waals surface area contributed by atoms with E-state index in [2.05, 4.69) is 10.1 Å². The van der Waals surface area contributed by atoms with Crippen molar-refractivity contribution in [1.82, 2.24) is 0 Å². The number of alkyl halides is 3. The summed E-state index contributed by atoms with van der Waals surface area (Å²) < 4.78 is 56.4. The van der Waals surface area contributed by atoms with Gasteiger partial charge in [-0.05, 0) is 30.3 Å². The summed E-state index contributed by atoms with van der Waals surface area (Å²) in [6, 6.07) is 6.24. The van der Waals surface area contributed by atoms with E-state index in [0.717, 1.165) is 18.2 Å². The second-order valence-electron chi connectivity index (χ2n) is 5.28. The van der Waals surface area contributed by atoms with Crippen LogP contribution in [0.4, 0.5) is 23.2 Å². The van der Waals surface area contributed by atoms with Crippen molar-refractivity contribution in [1.29, 1.82) is 0 Å². The number of ether oxygens (including phenoxy) is 1. The minimum atomic E-state index is -4.62. The number of rotatable bonds is 5. The molecular weight excluding hydrogens is 413 g/mol. The highest BCUT2D eigenvalue weighted by Gasteiger charge is 2.31. The number of amides is 1. The third kappa shape index (κ3) is 5.83. The summed E-state index contributed by atoms with van der Waals surface area (Å²) in [5, 5.41) is 2.01. The zero-order chi connectivity index (χ0) is 20.2. The molecule has 2 aromatic carbocycles. The zero-order valence-corrected chi connectivity index (χ0v) is 14.9. The maximum atomic E-state index is 13.6. The number of hydrogen-bond donors (Lipinski definition) is 1. The lowest BCUT2D eigenvalue weighted by Crippen LogP contribution is -2.22. The zero-order valence-electron chi connectivity index (χ0n) is 13.4. The number of carbonyl (C=O) groups is 2. The highest BCUT2D eigenvalue weighted by atomic mass is 35.5. The third-order valence-electron chi connectivity index (χ3n) is 3.31. The summed E-state index contributed by atoms with van der Waals surface area (Å²) in [5.74, 6) is -2.56. The largest absolute Gasteiger partial charge is 0.455 e. The molecule has 2 rings (SSSR count). The van der Waals surface area contributed by atoms with Gasteiger partial charge in [0.25, 0.3) is 5.91 Å². The van der Waals surface area contributed by atoms with Crippen molar-refractivity contribution in [3.63, 3.8) is 0 Å². The quantitative estimate of drug-likeness (QED) is 0.550. The standard InChI is InChI=1S/C17H11Cl2F4NO3/c18-11-2-1-3-13(20)10(11)7-16(26)27-8-15(25)24-14-6-9(17(21,22)23)4-5-12(14)19/h1-6H,7-8H2,(H,24,25). The van der Waals surface area contributed by atoms with Crippen molar-refractivity contribution < 1.29 is 31.9 Å². The van der Waals surface area contributed by atoms with Crippen LogP contribution in [0.5, 0.6) is 0 Å². The third-order valence-corrected chi connectivity index (χ3v) is 4.00. The summed E-state index contributed by atoms with van der Waals surface area (Å²) in [4.78, 5) is 23.5. The number of benzene rings is 2. The van der Waals surface area contributed by atoms with Crippen LogP contribution in [0, 0.1) is 5.82 Å². The van der Waals surface area contributed by atoms with Crippen LogP contribution in [0.15, 0.2) is 36.4 Å². The Kier molecular flexibility index (Phi) is 6.67. The van der Waals surface area contributed by atoms with E-state index in [4.69, 9.17) is 23.2 Å². The molecule has 0 unspecified atom stereocenters. The van der Waals surface area contributed by atoms with E-state index in [9.17, 15) is 27.2 Å².